The number of aromatic amines is 1. The lowest BCUT2D eigenvalue weighted by Gasteiger charge is -2.09. The normalized spacial score (nSPS) is 12.2. The van der Waals surface area contributed by atoms with E-state index in [9.17, 15) is 13.6 Å². The molecule has 0 radical (unpaired) electrons. The zero-order valence-electron chi connectivity index (χ0n) is 15.7. The van der Waals surface area contributed by atoms with Crippen LogP contribution in [0, 0.1) is 5.82 Å². The number of aromatic nitrogens is 3. The van der Waals surface area contributed by atoms with Crippen LogP contribution in [-0.2, 0) is 13.0 Å². The van der Waals surface area contributed by atoms with Gasteiger partial charge in [-0.3, -0.25) is 9.36 Å². The summed E-state index contributed by atoms with van der Waals surface area (Å²) in [4.78, 5) is 20.0. The Hall–Kier alpha value is -3.48. The minimum Gasteiger partial charge on any atom is -0.489 e. The van der Waals surface area contributed by atoms with Crippen molar-refractivity contribution in [3.63, 3.8) is 0 Å². The molecule has 29 heavy (non-hydrogen) atoms. The Balaban J connectivity index is 1.54. The van der Waals surface area contributed by atoms with Crippen LogP contribution < -0.4 is 10.3 Å². The predicted octanol–water partition coefficient (Wildman–Crippen LogP) is 4.33. The minimum atomic E-state index is -0.986. The van der Waals surface area contributed by atoms with Gasteiger partial charge in [-0.25, -0.2) is 13.8 Å². The van der Waals surface area contributed by atoms with Gasteiger partial charge in [0.15, 0.2) is 0 Å². The maximum absolute atomic E-state index is 13.2. The summed E-state index contributed by atoms with van der Waals surface area (Å²) in [6, 6.07) is 14.5. The molecule has 0 aliphatic carbocycles. The van der Waals surface area contributed by atoms with Crippen LogP contribution in [0.5, 0.6) is 5.75 Å². The number of nitrogens with zero attached hydrogens (tertiary/aromatic N) is 2. The Morgan fingerprint density at radius 1 is 1.14 bits per heavy atom. The summed E-state index contributed by atoms with van der Waals surface area (Å²) in [5, 5.41) is 0. The maximum Gasteiger partial charge on any atom is 0.258 e. The number of halogens is 2. The molecule has 1 N–H and O–H groups in total. The van der Waals surface area contributed by atoms with E-state index in [0.717, 1.165) is 16.6 Å². The molecule has 0 saturated heterocycles. The van der Waals surface area contributed by atoms with Gasteiger partial charge in [-0.15, -0.1) is 0 Å². The van der Waals surface area contributed by atoms with E-state index in [2.05, 4.69) is 9.97 Å². The summed E-state index contributed by atoms with van der Waals surface area (Å²) in [7, 11) is 0. The topological polar surface area (TPSA) is 59.9 Å². The first-order chi connectivity index (χ1) is 14.0. The van der Waals surface area contributed by atoms with Crippen LogP contribution in [0.25, 0.3) is 16.7 Å². The summed E-state index contributed by atoms with van der Waals surface area (Å²) in [5.74, 6) is 0.693. The van der Waals surface area contributed by atoms with E-state index >= 15 is 0 Å². The number of rotatable bonds is 6. The number of alkyl halides is 1. The molecule has 1 atom stereocenters. The Bertz CT molecular complexity index is 1200. The van der Waals surface area contributed by atoms with Gasteiger partial charge in [0.05, 0.1) is 16.7 Å². The SMILES string of the molecule is CC(F)Cc1nc2ccc(-n3ccc(OCc4ccc(F)cc4)cc3=O)cc2[nH]1. The van der Waals surface area contributed by atoms with Gasteiger partial charge in [-0.05, 0) is 48.9 Å². The van der Waals surface area contributed by atoms with E-state index in [1.807, 2.05) is 0 Å². The second-order valence-electron chi connectivity index (χ2n) is 6.86. The molecule has 0 amide bonds. The summed E-state index contributed by atoms with van der Waals surface area (Å²) in [6.07, 6.45) is 0.856. The molecule has 4 rings (SSSR count). The molecular weight excluding hydrogens is 376 g/mol. The third-order valence-electron chi connectivity index (χ3n) is 4.48. The molecule has 0 fully saturated rings. The smallest absolute Gasteiger partial charge is 0.258 e. The number of nitrogens with one attached hydrogen (secondary N) is 1. The molecule has 0 spiro atoms. The van der Waals surface area contributed by atoms with E-state index in [0.29, 0.717) is 17.3 Å². The summed E-state index contributed by atoms with van der Waals surface area (Å²) < 4.78 is 33.3. The Morgan fingerprint density at radius 2 is 1.93 bits per heavy atom. The molecule has 2 heterocycles. The number of hydrogen-bond donors (Lipinski definition) is 1. The predicted molar refractivity (Wildman–Crippen MR) is 107 cm³/mol. The number of benzene rings is 2. The van der Waals surface area contributed by atoms with Gasteiger partial charge >= 0.3 is 0 Å². The van der Waals surface area contributed by atoms with Crippen LogP contribution in [0.4, 0.5) is 8.78 Å². The van der Waals surface area contributed by atoms with Crippen molar-refractivity contribution in [2.24, 2.45) is 0 Å². The van der Waals surface area contributed by atoms with Gasteiger partial charge < -0.3 is 9.72 Å². The number of imidazole rings is 1. The first-order valence-corrected chi connectivity index (χ1v) is 9.21. The molecule has 1 unspecified atom stereocenters. The van der Waals surface area contributed by atoms with Crippen LogP contribution >= 0.6 is 0 Å². The highest BCUT2D eigenvalue weighted by Crippen LogP contribution is 2.18. The standard InChI is InChI=1S/C22H19F2N3O2/c1-14(23)10-21-25-19-7-6-17(11-20(19)26-21)27-9-8-18(12-22(27)28)29-13-15-2-4-16(24)5-3-15/h2-9,11-12,14H,10,13H2,1H3,(H,25,26). The summed E-state index contributed by atoms with van der Waals surface area (Å²) in [6.45, 7) is 1.72. The van der Waals surface area contributed by atoms with Crippen LogP contribution in [0.1, 0.15) is 18.3 Å². The van der Waals surface area contributed by atoms with Crippen LogP contribution in [0.2, 0.25) is 0 Å². The minimum absolute atomic E-state index is 0.212. The first kappa shape index (κ1) is 18.9. The lowest BCUT2D eigenvalue weighted by Crippen LogP contribution is -2.16. The van der Waals surface area contributed by atoms with Crippen molar-refractivity contribution in [3.05, 3.63) is 88.4 Å². The lowest BCUT2D eigenvalue weighted by molar-refractivity contribution is 0.305. The highest BCUT2D eigenvalue weighted by molar-refractivity contribution is 5.77. The number of ether oxygens (including phenoxy) is 1. The fraction of sp³-hybridized carbons (Fsp3) is 0.182. The van der Waals surface area contributed by atoms with Crippen molar-refractivity contribution >= 4 is 11.0 Å². The van der Waals surface area contributed by atoms with E-state index in [1.54, 1.807) is 42.6 Å². The number of hydrogen-bond acceptors (Lipinski definition) is 3. The van der Waals surface area contributed by atoms with E-state index < -0.39 is 6.17 Å². The van der Waals surface area contributed by atoms with Gasteiger partial charge in [-0.2, -0.15) is 0 Å². The number of pyridine rings is 1. The molecule has 0 bridgehead atoms. The average molecular weight is 395 g/mol. The van der Waals surface area contributed by atoms with Gasteiger partial charge in [0.25, 0.3) is 5.56 Å². The van der Waals surface area contributed by atoms with E-state index in [-0.39, 0.29) is 24.4 Å². The zero-order valence-corrected chi connectivity index (χ0v) is 15.7. The molecule has 2 aromatic heterocycles. The molecule has 0 aliphatic rings. The van der Waals surface area contributed by atoms with Crippen molar-refractivity contribution in [1.82, 2.24) is 14.5 Å². The largest absolute Gasteiger partial charge is 0.489 e. The molecule has 0 aliphatic heterocycles. The molecule has 0 saturated carbocycles. The zero-order chi connectivity index (χ0) is 20.4. The molecule has 4 aromatic rings. The highest BCUT2D eigenvalue weighted by atomic mass is 19.1. The molecule has 2 aromatic carbocycles. The second kappa shape index (κ2) is 7.87. The maximum atomic E-state index is 13.2. The molecule has 148 valence electrons. The molecule has 5 nitrogen and oxygen atoms in total. The van der Waals surface area contributed by atoms with Crippen LogP contribution in [-0.4, -0.2) is 20.7 Å². The first-order valence-electron chi connectivity index (χ1n) is 9.21. The average Bonchev–Trinajstić information content (AvgIpc) is 3.08. The Labute approximate surface area is 165 Å². The van der Waals surface area contributed by atoms with Crippen molar-refractivity contribution in [3.8, 4) is 11.4 Å². The number of H-pyrrole nitrogens is 1. The summed E-state index contributed by atoms with van der Waals surface area (Å²) in [5.41, 5.74) is 2.67. The fourth-order valence-corrected chi connectivity index (χ4v) is 3.07. The van der Waals surface area contributed by atoms with Crippen LogP contribution in [0.15, 0.2) is 65.6 Å². The van der Waals surface area contributed by atoms with E-state index in [1.165, 1.54) is 29.7 Å². The van der Waals surface area contributed by atoms with Gasteiger partial charge in [0.1, 0.15) is 30.2 Å². The highest BCUT2D eigenvalue weighted by Gasteiger charge is 2.09. The Kier molecular flexibility index (Phi) is 5.12. The van der Waals surface area contributed by atoms with Crippen molar-refractivity contribution in [1.29, 1.82) is 0 Å². The van der Waals surface area contributed by atoms with Gasteiger partial charge in [-0.1, -0.05) is 12.1 Å². The fourth-order valence-electron chi connectivity index (χ4n) is 3.07. The number of fused-ring (bicyclic) bond motifs is 1. The monoisotopic (exact) mass is 395 g/mol. The van der Waals surface area contributed by atoms with Crippen molar-refractivity contribution in [2.45, 2.75) is 26.1 Å². The van der Waals surface area contributed by atoms with Crippen molar-refractivity contribution < 1.29 is 13.5 Å². The Morgan fingerprint density at radius 3 is 2.66 bits per heavy atom. The third kappa shape index (κ3) is 4.34. The second-order valence-corrected chi connectivity index (χ2v) is 6.86. The van der Waals surface area contributed by atoms with Gasteiger partial charge in [0.2, 0.25) is 0 Å². The quantitative estimate of drug-likeness (QED) is 0.529. The van der Waals surface area contributed by atoms with Crippen LogP contribution in [0.3, 0.4) is 0 Å². The van der Waals surface area contributed by atoms with Gasteiger partial charge in [0, 0.05) is 18.7 Å². The van der Waals surface area contributed by atoms with Crippen molar-refractivity contribution in [2.75, 3.05) is 0 Å². The lowest BCUT2D eigenvalue weighted by atomic mass is 10.2. The third-order valence-corrected chi connectivity index (χ3v) is 4.48. The van der Waals surface area contributed by atoms with E-state index in [4.69, 9.17) is 4.74 Å². The molecular formula is C22H19F2N3O2. The molecule has 7 heteroatoms. The summed E-state index contributed by atoms with van der Waals surface area (Å²) >= 11 is 0.